The van der Waals surface area contributed by atoms with Crippen LogP contribution in [0.4, 0.5) is 0 Å². The van der Waals surface area contributed by atoms with E-state index in [1.54, 1.807) is 7.11 Å². The molecule has 0 radical (unpaired) electrons. The molecule has 0 fully saturated rings. The van der Waals surface area contributed by atoms with Gasteiger partial charge in [0.1, 0.15) is 5.82 Å². The van der Waals surface area contributed by atoms with Crippen molar-refractivity contribution < 1.29 is 14.3 Å². The Labute approximate surface area is 171 Å². The highest BCUT2D eigenvalue weighted by atomic mass is 16.5. The van der Waals surface area contributed by atoms with E-state index >= 15 is 0 Å². The number of allylic oxidation sites excluding steroid dienone is 1. The number of hydrogen-bond acceptors (Lipinski definition) is 4. The molecule has 0 bridgehead atoms. The number of fused-ring (bicyclic) bond motifs is 1. The number of aryl methyl sites for hydroxylation is 1. The monoisotopic (exact) mass is 393 g/mol. The predicted molar refractivity (Wildman–Crippen MR) is 115 cm³/mol. The van der Waals surface area contributed by atoms with Crippen molar-refractivity contribution in [2.24, 2.45) is 0 Å². The Morgan fingerprint density at radius 2 is 2.07 bits per heavy atom. The van der Waals surface area contributed by atoms with E-state index in [1.807, 2.05) is 42.5 Å². The summed E-state index contributed by atoms with van der Waals surface area (Å²) < 4.78 is 13.6. The van der Waals surface area contributed by atoms with Gasteiger partial charge in [0.2, 0.25) is 6.41 Å². The van der Waals surface area contributed by atoms with Gasteiger partial charge in [-0.2, -0.15) is 0 Å². The average Bonchev–Trinajstić information content (AvgIpc) is 3.09. The first-order chi connectivity index (χ1) is 14.3. The lowest BCUT2D eigenvalue weighted by atomic mass is 10.1. The number of aromatic nitrogens is 2. The first kappa shape index (κ1) is 20.5. The van der Waals surface area contributed by atoms with Gasteiger partial charge in [-0.25, -0.2) is 4.98 Å². The molecular formula is C23H27N3O3. The van der Waals surface area contributed by atoms with Crippen LogP contribution in [0.2, 0.25) is 0 Å². The fraction of sp³-hybridized carbons (Fsp3) is 0.304. The van der Waals surface area contributed by atoms with Crippen molar-refractivity contribution in [3.05, 3.63) is 66.5 Å². The number of para-hydroxylation sites is 2. The van der Waals surface area contributed by atoms with Crippen LogP contribution in [0.15, 0.2) is 55.1 Å². The smallest absolute Gasteiger partial charge is 0.207 e. The van der Waals surface area contributed by atoms with Crippen LogP contribution in [0.25, 0.3) is 11.0 Å². The molecule has 0 spiro atoms. The molecular weight excluding hydrogens is 366 g/mol. The number of amides is 1. The molecule has 29 heavy (non-hydrogen) atoms. The van der Waals surface area contributed by atoms with E-state index < -0.39 is 0 Å². The zero-order valence-corrected chi connectivity index (χ0v) is 16.8. The fourth-order valence-electron chi connectivity index (χ4n) is 3.34. The lowest BCUT2D eigenvalue weighted by Gasteiger charge is -2.13. The van der Waals surface area contributed by atoms with Gasteiger partial charge in [0, 0.05) is 19.5 Å². The van der Waals surface area contributed by atoms with Crippen molar-refractivity contribution in [3.63, 3.8) is 0 Å². The van der Waals surface area contributed by atoms with Gasteiger partial charge in [0.25, 0.3) is 0 Å². The largest absolute Gasteiger partial charge is 0.493 e. The summed E-state index contributed by atoms with van der Waals surface area (Å²) in [6, 6.07) is 14.0. The van der Waals surface area contributed by atoms with Crippen LogP contribution in [0, 0.1) is 0 Å². The maximum Gasteiger partial charge on any atom is 0.207 e. The van der Waals surface area contributed by atoms with Gasteiger partial charge >= 0.3 is 0 Å². The van der Waals surface area contributed by atoms with Gasteiger partial charge in [0.15, 0.2) is 11.5 Å². The summed E-state index contributed by atoms with van der Waals surface area (Å²) in [5.41, 5.74) is 3.21. The summed E-state index contributed by atoms with van der Waals surface area (Å²) in [7, 11) is 1.65. The molecule has 2 aromatic carbocycles. The van der Waals surface area contributed by atoms with Crippen molar-refractivity contribution in [1.82, 2.24) is 14.9 Å². The van der Waals surface area contributed by atoms with Crippen molar-refractivity contribution >= 4 is 17.4 Å². The standard InChI is InChI=1S/C23H27N3O3/c1-3-7-18-10-11-21(22(16-18)28-2)29-15-6-14-26-20-9-5-4-8-19(20)25-23(26)12-13-24-17-27/h3-5,8-11,16-17H,1,6-7,12-15H2,2H3,(H,24,27). The molecule has 1 aromatic heterocycles. The van der Waals surface area contributed by atoms with Gasteiger partial charge in [-0.05, 0) is 42.7 Å². The molecule has 3 aromatic rings. The number of carbonyl (C=O) groups excluding carboxylic acids is 1. The summed E-state index contributed by atoms with van der Waals surface area (Å²) in [5.74, 6) is 2.44. The predicted octanol–water partition coefficient (Wildman–Crippen LogP) is 3.53. The van der Waals surface area contributed by atoms with Crippen LogP contribution in [0.5, 0.6) is 11.5 Å². The Hall–Kier alpha value is -3.28. The van der Waals surface area contributed by atoms with E-state index in [9.17, 15) is 4.79 Å². The van der Waals surface area contributed by atoms with Crippen molar-refractivity contribution in [3.8, 4) is 11.5 Å². The molecule has 6 nitrogen and oxygen atoms in total. The number of ether oxygens (including phenoxy) is 2. The molecule has 0 unspecified atom stereocenters. The topological polar surface area (TPSA) is 65.4 Å². The molecule has 0 aliphatic rings. The number of benzene rings is 2. The second kappa shape index (κ2) is 10.3. The number of carbonyl (C=O) groups is 1. The number of rotatable bonds is 12. The van der Waals surface area contributed by atoms with Gasteiger partial charge in [-0.1, -0.05) is 24.3 Å². The molecule has 1 heterocycles. The molecule has 0 aliphatic heterocycles. The summed E-state index contributed by atoms with van der Waals surface area (Å²) in [4.78, 5) is 15.3. The SMILES string of the molecule is C=CCc1ccc(OCCCn2c(CCNC=O)nc3ccccc32)c(OC)c1. The highest BCUT2D eigenvalue weighted by molar-refractivity contribution is 5.75. The van der Waals surface area contributed by atoms with Crippen LogP contribution < -0.4 is 14.8 Å². The number of hydrogen-bond donors (Lipinski definition) is 1. The van der Waals surface area contributed by atoms with Crippen LogP contribution in [-0.4, -0.2) is 36.2 Å². The number of imidazole rings is 1. The van der Waals surface area contributed by atoms with E-state index in [4.69, 9.17) is 14.5 Å². The fourth-order valence-corrected chi connectivity index (χ4v) is 3.34. The summed E-state index contributed by atoms with van der Waals surface area (Å²) in [6.07, 6.45) is 4.90. The number of methoxy groups -OCH3 is 1. The van der Waals surface area contributed by atoms with Gasteiger partial charge in [-0.3, -0.25) is 4.79 Å². The highest BCUT2D eigenvalue weighted by Gasteiger charge is 2.11. The Bertz CT molecular complexity index is 965. The first-order valence-electron chi connectivity index (χ1n) is 9.78. The lowest BCUT2D eigenvalue weighted by molar-refractivity contribution is -0.109. The van der Waals surface area contributed by atoms with Gasteiger partial charge < -0.3 is 19.4 Å². The minimum atomic E-state index is 0.565. The van der Waals surface area contributed by atoms with Crippen LogP contribution >= 0.6 is 0 Å². The molecule has 152 valence electrons. The van der Waals surface area contributed by atoms with Crippen LogP contribution in [0.3, 0.4) is 0 Å². The Balaban J connectivity index is 1.64. The molecule has 0 saturated carbocycles. The van der Waals surface area contributed by atoms with E-state index in [-0.39, 0.29) is 0 Å². The van der Waals surface area contributed by atoms with Gasteiger partial charge in [-0.15, -0.1) is 6.58 Å². The third-order valence-electron chi connectivity index (χ3n) is 4.70. The Kier molecular flexibility index (Phi) is 7.28. The third kappa shape index (κ3) is 5.16. The maximum absolute atomic E-state index is 10.5. The van der Waals surface area contributed by atoms with Gasteiger partial charge in [0.05, 0.1) is 24.8 Å². The normalized spacial score (nSPS) is 10.7. The average molecular weight is 393 g/mol. The first-order valence-corrected chi connectivity index (χ1v) is 9.78. The molecule has 1 amide bonds. The highest BCUT2D eigenvalue weighted by Crippen LogP contribution is 2.28. The third-order valence-corrected chi connectivity index (χ3v) is 4.70. The molecule has 3 rings (SSSR count). The van der Waals surface area contributed by atoms with E-state index in [1.165, 1.54) is 0 Å². The van der Waals surface area contributed by atoms with E-state index in [0.717, 1.165) is 53.3 Å². The Morgan fingerprint density at radius 1 is 1.21 bits per heavy atom. The summed E-state index contributed by atoms with van der Waals surface area (Å²) >= 11 is 0. The molecule has 0 saturated heterocycles. The lowest BCUT2D eigenvalue weighted by Crippen LogP contribution is -2.17. The zero-order valence-electron chi connectivity index (χ0n) is 16.8. The second-order valence-electron chi connectivity index (χ2n) is 6.67. The number of nitrogens with zero attached hydrogens (tertiary/aromatic N) is 2. The molecule has 0 aliphatic carbocycles. The number of nitrogens with one attached hydrogen (secondary N) is 1. The Morgan fingerprint density at radius 3 is 2.86 bits per heavy atom. The molecule has 1 N–H and O–H groups in total. The van der Waals surface area contributed by atoms with E-state index in [2.05, 4.69) is 22.5 Å². The maximum atomic E-state index is 10.5. The van der Waals surface area contributed by atoms with Crippen LogP contribution in [0.1, 0.15) is 17.8 Å². The van der Waals surface area contributed by atoms with Crippen molar-refractivity contribution in [1.29, 1.82) is 0 Å². The van der Waals surface area contributed by atoms with Crippen molar-refractivity contribution in [2.75, 3.05) is 20.3 Å². The second-order valence-corrected chi connectivity index (χ2v) is 6.67. The summed E-state index contributed by atoms with van der Waals surface area (Å²) in [5, 5.41) is 2.70. The minimum absolute atomic E-state index is 0.565. The summed E-state index contributed by atoms with van der Waals surface area (Å²) in [6.45, 7) is 5.69. The zero-order chi connectivity index (χ0) is 20.5. The minimum Gasteiger partial charge on any atom is -0.493 e. The van der Waals surface area contributed by atoms with E-state index in [0.29, 0.717) is 26.0 Å². The van der Waals surface area contributed by atoms with Crippen molar-refractivity contribution in [2.45, 2.75) is 25.8 Å². The molecule has 6 heteroatoms. The quantitative estimate of drug-likeness (QED) is 0.290. The molecule has 0 atom stereocenters. The van der Waals surface area contributed by atoms with Crippen LogP contribution in [-0.2, 0) is 24.2 Å².